The molecule has 1 aliphatic rings. The van der Waals surface area contributed by atoms with Gasteiger partial charge in [-0.2, -0.15) is 0 Å². The summed E-state index contributed by atoms with van der Waals surface area (Å²) in [7, 11) is -2.19. The van der Waals surface area contributed by atoms with E-state index in [-0.39, 0.29) is 10.5 Å². The van der Waals surface area contributed by atoms with Gasteiger partial charge in [0.05, 0.1) is 4.90 Å². The molecule has 1 fully saturated rings. The number of hydrogen-bond acceptors (Lipinski definition) is 4. The molecule has 0 aromatic heterocycles. The molecular weight excluding hydrogens is 368 g/mol. The second-order valence-electron chi connectivity index (χ2n) is 8.14. The molecule has 8 heteroatoms. The molecule has 0 bridgehead atoms. The highest BCUT2D eigenvalue weighted by Gasteiger charge is 2.45. The lowest BCUT2D eigenvalue weighted by Gasteiger charge is -2.41. The third-order valence-corrected chi connectivity index (χ3v) is 6.65. The van der Waals surface area contributed by atoms with Crippen molar-refractivity contribution in [1.82, 2.24) is 9.62 Å². The van der Waals surface area contributed by atoms with Gasteiger partial charge in [0.1, 0.15) is 5.54 Å². The standard InChI is InChI=1S/C19H28N2O5S/c1-18(2,3)20-27(25,26)15-10-8-14(9-11-15)16(22)21(4)19(17(23)24)12-6-5-7-13-19/h8-11,20H,5-7,12-13H2,1-4H3,(H,23,24). The fourth-order valence-electron chi connectivity index (χ4n) is 3.46. The molecule has 7 nitrogen and oxygen atoms in total. The summed E-state index contributed by atoms with van der Waals surface area (Å²) in [5.41, 5.74) is -1.56. The molecule has 0 atom stereocenters. The Labute approximate surface area is 160 Å². The van der Waals surface area contributed by atoms with Crippen LogP contribution in [0, 0.1) is 0 Å². The minimum absolute atomic E-state index is 0.0576. The molecule has 0 aliphatic heterocycles. The first-order valence-corrected chi connectivity index (χ1v) is 10.5. The summed E-state index contributed by atoms with van der Waals surface area (Å²) < 4.78 is 27.3. The van der Waals surface area contributed by atoms with Crippen molar-refractivity contribution in [2.24, 2.45) is 0 Å². The van der Waals surface area contributed by atoms with Gasteiger partial charge in [0.15, 0.2) is 0 Å². The summed E-state index contributed by atoms with van der Waals surface area (Å²) in [6.45, 7) is 5.23. The van der Waals surface area contributed by atoms with Gasteiger partial charge in [-0.1, -0.05) is 19.3 Å². The normalized spacial score (nSPS) is 17.3. The fourth-order valence-corrected chi connectivity index (χ4v) is 4.87. The van der Waals surface area contributed by atoms with E-state index in [0.29, 0.717) is 12.8 Å². The third kappa shape index (κ3) is 4.68. The van der Waals surface area contributed by atoms with Gasteiger partial charge >= 0.3 is 5.97 Å². The Hall–Kier alpha value is -1.93. The van der Waals surface area contributed by atoms with Crippen molar-refractivity contribution < 1.29 is 23.1 Å². The summed E-state index contributed by atoms with van der Waals surface area (Å²) in [6.07, 6.45) is 3.34. The molecule has 1 aliphatic carbocycles. The molecule has 2 rings (SSSR count). The number of benzene rings is 1. The minimum Gasteiger partial charge on any atom is -0.479 e. The van der Waals surface area contributed by atoms with Crippen molar-refractivity contribution in [2.75, 3.05) is 7.05 Å². The maximum absolute atomic E-state index is 12.8. The van der Waals surface area contributed by atoms with Crippen molar-refractivity contribution in [1.29, 1.82) is 0 Å². The van der Waals surface area contributed by atoms with Crippen LogP contribution in [0.3, 0.4) is 0 Å². The van der Waals surface area contributed by atoms with E-state index in [0.717, 1.165) is 19.3 Å². The van der Waals surface area contributed by atoms with Crippen molar-refractivity contribution in [3.63, 3.8) is 0 Å². The van der Waals surface area contributed by atoms with E-state index < -0.39 is 33.0 Å². The van der Waals surface area contributed by atoms with Crippen molar-refractivity contribution in [3.05, 3.63) is 29.8 Å². The van der Waals surface area contributed by atoms with Gasteiger partial charge in [-0.05, 0) is 57.9 Å². The van der Waals surface area contributed by atoms with Gasteiger partial charge in [-0.15, -0.1) is 0 Å². The molecule has 1 aromatic carbocycles. The van der Waals surface area contributed by atoms with E-state index >= 15 is 0 Å². The van der Waals surface area contributed by atoms with E-state index in [2.05, 4.69) is 4.72 Å². The Balaban J connectivity index is 2.26. The van der Waals surface area contributed by atoms with E-state index in [1.165, 1.54) is 36.2 Å². The summed E-state index contributed by atoms with van der Waals surface area (Å²) >= 11 is 0. The minimum atomic E-state index is -3.70. The molecule has 0 radical (unpaired) electrons. The van der Waals surface area contributed by atoms with E-state index in [9.17, 15) is 23.1 Å². The largest absolute Gasteiger partial charge is 0.479 e. The highest BCUT2D eigenvalue weighted by Crippen LogP contribution is 2.34. The SMILES string of the molecule is CN(C(=O)c1ccc(S(=O)(=O)NC(C)(C)C)cc1)C1(C(=O)O)CCCCC1. The first kappa shape index (κ1) is 21.4. The first-order valence-electron chi connectivity index (χ1n) is 9.05. The van der Waals surface area contributed by atoms with Gasteiger partial charge in [0.2, 0.25) is 10.0 Å². The van der Waals surface area contributed by atoms with Gasteiger partial charge in [0, 0.05) is 18.2 Å². The van der Waals surface area contributed by atoms with Crippen LogP contribution in [0.25, 0.3) is 0 Å². The Bertz CT molecular complexity index is 803. The van der Waals surface area contributed by atoms with Crippen molar-refractivity contribution in [2.45, 2.75) is 68.8 Å². The molecule has 2 N–H and O–H groups in total. The van der Waals surface area contributed by atoms with E-state index in [1.54, 1.807) is 20.8 Å². The number of carboxylic acids is 1. The van der Waals surface area contributed by atoms with Crippen molar-refractivity contribution >= 4 is 21.9 Å². The van der Waals surface area contributed by atoms with Crippen molar-refractivity contribution in [3.8, 4) is 0 Å². The van der Waals surface area contributed by atoms with Crippen LogP contribution in [-0.4, -0.2) is 48.4 Å². The van der Waals surface area contributed by atoms with Crippen LogP contribution >= 0.6 is 0 Å². The number of carboxylic acid groups (broad SMARTS) is 1. The second kappa shape index (κ2) is 7.59. The molecule has 1 amide bonds. The smallest absolute Gasteiger partial charge is 0.329 e. The quantitative estimate of drug-likeness (QED) is 0.796. The third-order valence-electron chi connectivity index (χ3n) is 4.88. The number of hydrogen-bond donors (Lipinski definition) is 2. The van der Waals surface area contributed by atoms with E-state index in [1.807, 2.05) is 0 Å². The van der Waals surface area contributed by atoms with Crippen LogP contribution in [-0.2, 0) is 14.8 Å². The van der Waals surface area contributed by atoms with Gasteiger partial charge in [-0.3, -0.25) is 4.79 Å². The zero-order valence-corrected chi connectivity index (χ0v) is 17.1. The van der Waals surface area contributed by atoms with Crippen LogP contribution < -0.4 is 4.72 Å². The van der Waals surface area contributed by atoms with Crippen LogP contribution in [0.5, 0.6) is 0 Å². The van der Waals surface area contributed by atoms with E-state index in [4.69, 9.17) is 0 Å². The fraction of sp³-hybridized carbons (Fsp3) is 0.579. The summed E-state index contributed by atoms with van der Waals surface area (Å²) in [6, 6.07) is 5.58. The lowest BCUT2D eigenvalue weighted by atomic mass is 9.80. The molecular formula is C19H28N2O5S. The number of aliphatic carboxylic acids is 1. The van der Waals surface area contributed by atoms with Gasteiger partial charge in [0.25, 0.3) is 5.91 Å². The lowest BCUT2D eigenvalue weighted by molar-refractivity contribution is -0.151. The predicted octanol–water partition coefficient (Wildman–Crippen LogP) is 2.62. The molecule has 150 valence electrons. The summed E-state index contributed by atoms with van der Waals surface area (Å²) in [4.78, 5) is 26.1. The maximum Gasteiger partial charge on any atom is 0.329 e. The summed E-state index contributed by atoms with van der Waals surface area (Å²) in [5.74, 6) is -1.42. The highest BCUT2D eigenvalue weighted by atomic mass is 32.2. The zero-order chi connectivity index (χ0) is 20.5. The Morgan fingerprint density at radius 2 is 1.59 bits per heavy atom. The number of carbonyl (C=O) groups excluding carboxylic acids is 1. The molecule has 1 aromatic rings. The topological polar surface area (TPSA) is 104 Å². The predicted molar refractivity (Wildman–Crippen MR) is 102 cm³/mol. The molecule has 0 saturated heterocycles. The zero-order valence-electron chi connectivity index (χ0n) is 16.3. The Morgan fingerprint density at radius 1 is 1.07 bits per heavy atom. The number of carbonyl (C=O) groups is 2. The maximum atomic E-state index is 12.8. The molecule has 1 saturated carbocycles. The monoisotopic (exact) mass is 396 g/mol. The molecule has 27 heavy (non-hydrogen) atoms. The first-order chi connectivity index (χ1) is 12.4. The van der Waals surface area contributed by atoms with Gasteiger partial charge < -0.3 is 10.0 Å². The van der Waals surface area contributed by atoms with Crippen LogP contribution in [0.2, 0.25) is 0 Å². The Morgan fingerprint density at radius 3 is 2.04 bits per heavy atom. The number of amides is 1. The number of sulfonamides is 1. The second-order valence-corrected chi connectivity index (χ2v) is 9.82. The lowest BCUT2D eigenvalue weighted by Crippen LogP contribution is -2.56. The van der Waals surface area contributed by atoms with Crippen LogP contribution in [0.4, 0.5) is 0 Å². The molecule has 0 unspecified atom stereocenters. The average molecular weight is 397 g/mol. The molecule has 0 heterocycles. The van der Waals surface area contributed by atoms with Gasteiger partial charge in [-0.25, -0.2) is 17.9 Å². The highest BCUT2D eigenvalue weighted by molar-refractivity contribution is 7.89. The number of likely N-dealkylation sites (N-methyl/N-ethyl adjacent to an activating group) is 1. The van der Waals surface area contributed by atoms with Crippen LogP contribution in [0.15, 0.2) is 29.2 Å². The number of nitrogens with zero attached hydrogens (tertiary/aromatic N) is 1. The molecule has 0 spiro atoms. The average Bonchev–Trinajstić information content (AvgIpc) is 2.59. The Kier molecular flexibility index (Phi) is 6.01. The van der Waals surface area contributed by atoms with Crippen LogP contribution in [0.1, 0.15) is 63.2 Å². The number of nitrogens with one attached hydrogen (secondary N) is 1. The summed E-state index contributed by atoms with van der Waals surface area (Å²) in [5, 5.41) is 9.73. The number of rotatable bonds is 5.